The molecule has 3 N–H and O–H groups in total. The minimum Gasteiger partial charge on any atom is -0.369 e. The third kappa shape index (κ3) is 2.30. The number of fused-ring (bicyclic) bond motifs is 1. The van der Waals surface area contributed by atoms with E-state index in [2.05, 4.69) is 4.98 Å². The van der Waals surface area contributed by atoms with Crippen molar-refractivity contribution in [3.05, 3.63) is 72.1 Å². The molecular formula is C17H16N2O. The van der Waals surface area contributed by atoms with Crippen molar-refractivity contribution in [2.24, 2.45) is 5.73 Å². The Morgan fingerprint density at radius 1 is 1.05 bits per heavy atom. The number of primary amides is 1. The normalized spacial score (nSPS) is 12.4. The highest BCUT2D eigenvalue weighted by molar-refractivity contribution is 5.92. The van der Waals surface area contributed by atoms with Gasteiger partial charge < -0.3 is 10.7 Å². The fourth-order valence-electron chi connectivity index (χ4n) is 2.63. The maximum Gasteiger partial charge on any atom is 0.225 e. The molecule has 20 heavy (non-hydrogen) atoms. The van der Waals surface area contributed by atoms with Gasteiger partial charge in [-0.1, -0.05) is 42.5 Å². The Hall–Kier alpha value is -2.55. The van der Waals surface area contributed by atoms with Gasteiger partial charge >= 0.3 is 0 Å². The minimum atomic E-state index is -0.320. The summed E-state index contributed by atoms with van der Waals surface area (Å²) in [5, 5.41) is 2.22. The number of H-pyrrole nitrogens is 1. The van der Waals surface area contributed by atoms with Crippen molar-refractivity contribution in [3.63, 3.8) is 0 Å². The summed E-state index contributed by atoms with van der Waals surface area (Å²) in [7, 11) is 0. The number of amides is 1. The number of aromatic nitrogens is 1. The van der Waals surface area contributed by atoms with Gasteiger partial charge in [0.1, 0.15) is 0 Å². The molecule has 3 aromatic rings. The van der Waals surface area contributed by atoms with Gasteiger partial charge in [0.2, 0.25) is 5.91 Å². The molecule has 0 radical (unpaired) electrons. The van der Waals surface area contributed by atoms with Crippen LogP contribution in [0.15, 0.2) is 60.8 Å². The predicted octanol–water partition coefficient (Wildman–Crippen LogP) is 2.98. The summed E-state index contributed by atoms with van der Waals surface area (Å²) in [4.78, 5) is 15.0. The number of carbonyl (C=O) groups is 1. The molecule has 3 rings (SSSR count). The largest absolute Gasteiger partial charge is 0.369 e. The SMILES string of the molecule is NC(=O)C(Cc1ccc[nH]1)c1cccc2ccccc12. The van der Waals surface area contributed by atoms with Gasteiger partial charge in [0.05, 0.1) is 5.92 Å². The highest BCUT2D eigenvalue weighted by Crippen LogP contribution is 2.27. The molecule has 1 amide bonds. The molecule has 3 heteroatoms. The van der Waals surface area contributed by atoms with Gasteiger partial charge in [-0.3, -0.25) is 4.79 Å². The van der Waals surface area contributed by atoms with Crippen molar-refractivity contribution >= 4 is 16.7 Å². The summed E-state index contributed by atoms with van der Waals surface area (Å²) in [5.74, 6) is -0.615. The molecule has 1 unspecified atom stereocenters. The summed E-state index contributed by atoms with van der Waals surface area (Å²) < 4.78 is 0. The van der Waals surface area contributed by atoms with Crippen LogP contribution in [0.4, 0.5) is 0 Å². The van der Waals surface area contributed by atoms with Crippen LogP contribution in [-0.4, -0.2) is 10.9 Å². The van der Waals surface area contributed by atoms with Crippen LogP contribution in [0, 0.1) is 0 Å². The number of carbonyl (C=O) groups excluding carboxylic acids is 1. The number of benzene rings is 2. The first kappa shape index (κ1) is 12.5. The molecule has 0 fully saturated rings. The van der Waals surface area contributed by atoms with Crippen LogP contribution in [0.1, 0.15) is 17.2 Å². The molecule has 0 aliphatic heterocycles. The van der Waals surface area contributed by atoms with E-state index in [0.29, 0.717) is 6.42 Å². The van der Waals surface area contributed by atoms with E-state index >= 15 is 0 Å². The van der Waals surface area contributed by atoms with E-state index in [1.165, 1.54) is 0 Å². The quantitative estimate of drug-likeness (QED) is 0.747. The predicted molar refractivity (Wildman–Crippen MR) is 80.4 cm³/mol. The first-order valence-corrected chi connectivity index (χ1v) is 6.65. The van der Waals surface area contributed by atoms with Crippen LogP contribution in [0.2, 0.25) is 0 Å². The van der Waals surface area contributed by atoms with Crippen molar-refractivity contribution in [2.45, 2.75) is 12.3 Å². The fraction of sp³-hybridized carbons (Fsp3) is 0.118. The smallest absolute Gasteiger partial charge is 0.225 e. The average molecular weight is 264 g/mol. The Balaban J connectivity index is 2.08. The van der Waals surface area contributed by atoms with E-state index in [9.17, 15) is 4.79 Å². The molecule has 0 saturated carbocycles. The lowest BCUT2D eigenvalue weighted by Crippen LogP contribution is -2.23. The first-order chi connectivity index (χ1) is 9.75. The minimum absolute atomic E-state index is 0.295. The van der Waals surface area contributed by atoms with E-state index in [0.717, 1.165) is 22.0 Å². The summed E-state index contributed by atoms with van der Waals surface area (Å²) in [5.41, 5.74) is 7.63. The van der Waals surface area contributed by atoms with E-state index < -0.39 is 0 Å². The molecule has 0 aliphatic carbocycles. The Kier molecular flexibility index (Phi) is 3.25. The molecule has 0 aliphatic rings. The van der Waals surface area contributed by atoms with Gasteiger partial charge in [-0.25, -0.2) is 0 Å². The second-order valence-electron chi connectivity index (χ2n) is 4.92. The van der Waals surface area contributed by atoms with E-state index in [1.54, 1.807) is 0 Å². The number of hydrogen-bond donors (Lipinski definition) is 2. The van der Waals surface area contributed by atoms with Gasteiger partial charge in [0.15, 0.2) is 0 Å². The van der Waals surface area contributed by atoms with Crippen LogP contribution >= 0.6 is 0 Å². The zero-order valence-electron chi connectivity index (χ0n) is 11.0. The lowest BCUT2D eigenvalue weighted by atomic mass is 9.89. The van der Waals surface area contributed by atoms with E-state index in [1.807, 2.05) is 60.8 Å². The average Bonchev–Trinajstić information content (AvgIpc) is 2.97. The van der Waals surface area contributed by atoms with E-state index in [4.69, 9.17) is 5.73 Å². The van der Waals surface area contributed by atoms with Crippen LogP contribution in [-0.2, 0) is 11.2 Å². The number of nitrogens with one attached hydrogen (secondary N) is 1. The topological polar surface area (TPSA) is 58.9 Å². The number of aromatic amines is 1. The van der Waals surface area contributed by atoms with Gasteiger partial charge in [0, 0.05) is 18.3 Å². The van der Waals surface area contributed by atoms with Gasteiger partial charge in [0.25, 0.3) is 0 Å². The van der Waals surface area contributed by atoms with E-state index in [-0.39, 0.29) is 11.8 Å². The van der Waals surface area contributed by atoms with Crippen molar-refractivity contribution in [1.29, 1.82) is 0 Å². The van der Waals surface area contributed by atoms with Crippen LogP contribution in [0.3, 0.4) is 0 Å². The summed E-state index contributed by atoms with van der Waals surface area (Å²) in [6.07, 6.45) is 2.45. The molecule has 1 aromatic heterocycles. The Bertz CT molecular complexity index is 726. The first-order valence-electron chi connectivity index (χ1n) is 6.65. The third-order valence-corrected chi connectivity index (χ3v) is 3.63. The Labute approximate surface area is 117 Å². The maximum atomic E-state index is 11.9. The van der Waals surface area contributed by atoms with Crippen LogP contribution < -0.4 is 5.73 Å². The summed E-state index contributed by atoms with van der Waals surface area (Å²) in [6, 6.07) is 18.0. The van der Waals surface area contributed by atoms with Crippen molar-refractivity contribution < 1.29 is 4.79 Å². The lowest BCUT2D eigenvalue weighted by Gasteiger charge is -2.15. The molecule has 0 spiro atoms. The molecule has 100 valence electrons. The Morgan fingerprint density at radius 3 is 2.60 bits per heavy atom. The zero-order chi connectivity index (χ0) is 13.9. The van der Waals surface area contributed by atoms with Gasteiger partial charge in [-0.05, 0) is 28.5 Å². The Morgan fingerprint density at radius 2 is 1.85 bits per heavy atom. The molecule has 3 nitrogen and oxygen atoms in total. The van der Waals surface area contributed by atoms with Crippen molar-refractivity contribution in [1.82, 2.24) is 4.98 Å². The standard InChI is InChI=1S/C17H16N2O/c18-17(20)16(11-13-7-4-10-19-13)15-9-3-6-12-5-1-2-8-14(12)15/h1-10,16,19H,11H2,(H2,18,20). The third-order valence-electron chi connectivity index (χ3n) is 3.63. The van der Waals surface area contributed by atoms with Crippen molar-refractivity contribution in [3.8, 4) is 0 Å². The summed E-state index contributed by atoms with van der Waals surface area (Å²) in [6.45, 7) is 0. The van der Waals surface area contributed by atoms with Crippen molar-refractivity contribution in [2.75, 3.05) is 0 Å². The lowest BCUT2D eigenvalue weighted by molar-refractivity contribution is -0.119. The van der Waals surface area contributed by atoms with Crippen LogP contribution in [0.25, 0.3) is 10.8 Å². The number of rotatable bonds is 4. The number of nitrogens with two attached hydrogens (primary N) is 1. The van der Waals surface area contributed by atoms with Gasteiger partial charge in [-0.15, -0.1) is 0 Å². The summed E-state index contributed by atoms with van der Waals surface area (Å²) >= 11 is 0. The zero-order valence-corrected chi connectivity index (χ0v) is 11.0. The highest BCUT2D eigenvalue weighted by atomic mass is 16.1. The fourth-order valence-corrected chi connectivity index (χ4v) is 2.63. The molecule has 2 aromatic carbocycles. The second kappa shape index (κ2) is 5.21. The van der Waals surface area contributed by atoms with Crippen LogP contribution in [0.5, 0.6) is 0 Å². The molecule has 1 atom stereocenters. The molecular weight excluding hydrogens is 248 g/mol. The van der Waals surface area contributed by atoms with Gasteiger partial charge in [-0.2, -0.15) is 0 Å². The molecule has 1 heterocycles. The maximum absolute atomic E-state index is 11.9. The molecule has 0 bridgehead atoms. The molecule has 0 saturated heterocycles. The highest BCUT2D eigenvalue weighted by Gasteiger charge is 2.20. The number of hydrogen-bond acceptors (Lipinski definition) is 1. The second-order valence-corrected chi connectivity index (χ2v) is 4.92. The monoisotopic (exact) mass is 264 g/mol.